The molecule has 0 saturated carbocycles. The maximum atomic E-state index is 12.2. The summed E-state index contributed by atoms with van der Waals surface area (Å²) in [6, 6.07) is 7.88. The summed E-state index contributed by atoms with van der Waals surface area (Å²) in [6.45, 7) is 8.31. The van der Waals surface area contributed by atoms with Gasteiger partial charge < -0.3 is 10.6 Å². The Bertz CT molecular complexity index is 410. The Morgan fingerprint density at radius 3 is 2.58 bits per heavy atom. The van der Waals surface area contributed by atoms with Crippen LogP contribution in [0.1, 0.15) is 26.3 Å². The minimum atomic E-state index is -0.518. The van der Waals surface area contributed by atoms with Gasteiger partial charge in [-0.15, -0.1) is 12.4 Å². The molecule has 1 aromatic rings. The first kappa shape index (κ1) is 18.4. The van der Waals surface area contributed by atoms with Crippen LogP contribution in [0.2, 0.25) is 0 Å². The second-order valence-electron chi connectivity index (χ2n) is 4.74. The van der Waals surface area contributed by atoms with Crippen LogP contribution in [0.15, 0.2) is 28.7 Å². The molecule has 0 aliphatic rings. The Hall–Kier alpha value is -0.580. The molecular formula is C14H22BrClN2O. The van der Waals surface area contributed by atoms with E-state index in [1.54, 1.807) is 0 Å². The van der Waals surface area contributed by atoms with Gasteiger partial charge in [-0.05, 0) is 38.1 Å². The molecule has 0 atom stereocenters. The maximum Gasteiger partial charge on any atom is 0.230 e. The summed E-state index contributed by atoms with van der Waals surface area (Å²) in [5.74, 6) is 0.0542. The average molecular weight is 350 g/mol. The Labute approximate surface area is 130 Å². The third-order valence-electron chi connectivity index (χ3n) is 2.95. The van der Waals surface area contributed by atoms with Gasteiger partial charge in [0.2, 0.25) is 5.91 Å². The molecule has 0 saturated heterocycles. The van der Waals surface area contributed by atoms with Gasteiger partial charge in [0, 0.05) is 17.6 Å². The normalized spacial score (nSPS) is 10.7. The molecule has 5 heteroatoms. The van der Waals surface area contributed by atoms with Gasteiger partial charge >= 0.3 is 0 Å². The van der Waals surface area contributed by atoms with Gasteiger partial charge in [-0.1, -0.05) is 35.0 Å². The molecule has 0 radical (unpaired) electrons. The number of hydrogen-bond donors (Lipinski definition) is 2. The topological polar surface area (TPSA) is 41.1 Å². The molecule has 0 unspecified atom stereocenters. The Balaban J connectivity index is 0.00000324. The fourth-order valence-corrected chi connectivity index (χ4v) is 2.07. The molecule has 0 aromatic heterocycles. The molecular weight excluding hydrogens is 328 g/mol. The van der Waals surface area contributed by atoms with Crippen LogP contribution in [0.3, 0.4) is 0 Å². The summed E-state index contributed by atoms with van der Waals surface area (Å²) in [6.07, 6.45) is 0. The van der Waals surface area contributed by atoms with Gasteiger partial charge in [0.05, 0.1) is 5.41 Å². The predicted octanol–water partition coefficient (Wildman–Crippen LogP) is 2.87. The summed E-state index contributed by atoms with van der Waals surface area (Å²) >= 11 is 3.44. The smallest absolute Gasteiger partial charge is 0.230 e. The van der Waals surface area contributed by atoms with E-state index in [2.05, 4.69) is 26.6 Å². The van der Waals surface area contributed by atoms with Crippen molar-refractivity contribution >= 4 is 34.2 Å². The van der Waals surface area contributed by atoms with Crippen molar-refractivity contribution in [3.8, 4) is 0 Å². The highest BCUT2D eigenvalue weighted by Gasteiger charge is 2.29. The molecule has 2 N–H and O–H groups in total. The van der Waals surface area contributed by atoms with Crippen LogP contribution in [-0.4, -0.2) is 25.5 Å². The zero-order valence-electron chi connectivity index (χ0n) is 11.6. The molecule has 1 rings (SSSR count). The van der Waals surface area contributed by atoms with E-state index >= 15 is 0 Å². The molecule has 0 aliphatic heterocycles. The van der Waals surface area contributed by atoms with Crippen molar-refractivity contribution in [1.82, 2.24) is 10.6 Å². The molecule has 1 amide bonds. The monoisotopic (exact) mass is 348 g/mol. The third kappa shape index (κ3) is 5.51. The lowest BCUT2D eigenvalue weighted by atomic mass is 9.84. The highest BCUT2D eigenvalue weighted by molar-refractivity contribution is 9.10. The van der Waals surface area contributed by atoms with Crippen molar-refractivity contribution < 1.29 is 4.79 Å². The van der Waals surface area contributed by atoms with E-state index in [1.807, 2.05) is 45.0 Å². The molecule has 1 aromatic carbocycles. The van der Waals surface area contributed by atoms with E-state index in [9.17, 15) is 4.79 Å². The number of hydrogen-bond acceptors (Lipinski definition) is 2. The number of amides is 1. The van der Waals surface area contributed by atoms with Gasteiger partial charge in [-0.2, -0.15) is 0 Å². The zero-order valence-corrected chi connectivity index (χ0v) is 14.0. The summed E-state index contributed by atoms with van der Waals surface area (Å²) in [5, 5.41) is 6.14. The molecule has 19 heavy (non-hydrogen) atoms. The number of halogens is 2. The summed E-state index contributed by atoms with van der Waals surface area (Å²) in [7, 11) is 0. The fourth-order valence-electron chi connectivity index (χ4n) is 1.67. The zero-order chi connectivity index (χ0) is 13.6. The number of likely N-dealkylation sites (N-methyl/N-ethyl adjacent to an activating group) is 1. The van der Waals surface area contributed by atoms with E-state index in [0.717, 1.165) is 23.1 Å². The Kier molecular flexibility index (Phi) is 8.30. The SMILES string of the molecule is CCNCCNC(=O)C(C)(C)c1cccc(Br)c1.Cl. The first-order valence-corrected chi connectivity index (χ1v) is 7.03. The molecule has 0 heterocycles. The lowest BCUT2D eigenvalue weighted by Crippen LogP contribution is -2.42. The molecule has 108 valence electrons. The van der Waals surface area contributed by atoms with Crippen molar-refractivity contribution in [1.29, 1.82) is 0 Å². The average Bonchev–Trinajstić information content (AvgIpc) is 2.34. The standard InChI is InChI=1S/C14H21BrN2O.ClH/c1-4-16-8-9-17-13(18)14(2,3)11-6-5-7-12(15)10-11;/h5-7,10,16H,4,8-9H2,1-3H3,(H,17,18);1H. The summed E-state index contributed by atoms with van der Waals surface area (Å²) < 4.78 is 0.994. The first-order chi connectivity index (χ1) is 8.48. The largest absolute Gasteiger partial charge is 0.354 e. The van der Waals surface area contributed by atoms with E-state index in [-0.39, 0.29) is 18.3 Å². The molecule has 3 nitrogen and oxygen atoms in total. The molecule has 0 bridgehead atoms. The summed E-state index contributed by atoms with van der Waals surface area (Å²) in [4.78, 5) is 12.2. The van der Waals surface area contributed by atoms with Crippen LogP contribution in [0.5, 0.6) is 0 Å². The van der Waals surface area contributed by atoms with Crippen LogP contribution in [0.4, 0.5) is 0 Å². The van der Waals surface area contributed by atoms with Gasteiger partial charge in [-0.3, -0.25) is 4.79 Å². The maximum absolute atomic E-state index is 12.2. The van der Waals surface area contributed by atoms with Crippen LogP contribution < -0.4 is 10.6 Å². The number of rotatable bonds is 6. The number of carbonyl (C=O) groups is 1. The lowest BCUT2D eigenvalue weighted by molar-refractivity contribution is -0.125. The third-order valence-corrected chi connectivity index (χ3v) is 3.44. The Morgan fingerprint density at radius 1 is 1.32 bits per heavy atom. The minimum Gasteiger partial charge on any atom is -0.354 e. The molecule has 0 aliphatic carbocycles. The fraction of sp³-hybridized carbons (Fsp3) is 0.500. The van der Waals surface area contributed by atoms with Crippen LogP contribution >= 0.6 is 28.3 Å². The van der Waals surface area contributed by atoms with Crippen molar-refractivity contribution in [2.75, 3.05) is 19.6 Å². The van der Waals surface area contributed by atoms with Crippen LogP contribution in [0.25, 0.3) is 0 Å². The number of carbonyl (C=O) groups excluding carboxylic acids is 1. The minimum absolute atomic E-state index is 0. The highest BCUT2D eigenvalue weighted by Crippen LogP contribution is 2.25. The van der Waals surface area contributed by atoms with Crippen LogP contribution in [0, 0.1) is 0 Å². The Morgan fingerprint density at radius 2 is 2.00 bits per heavy atom. The van der Waals surface area contributed by atoms with Gasteiger partial charge in [0.1, 0.15) is 0 Å². The van der Waals surface area contributed by atoms with E-state index < -0.39 is 5.41 Å². The van der Waals surface area contributed by atoms with Gasteiger partial charge in [0.25, 0.3) is 0 Å². The van der Waals surface area contributed by atoms with E-state index in [0.29, 0.717) is 6.54 Å². The lowest BCUT2D eigenvalue weighted by Gasteiger charge is -2.24. The van der Waals surface area contributed by atoms with Crippen molar-refractivity contribution in [2.45, 2.75) is 26.2 Å². The van der Waals surface area contributed by atoms with Crippen LogP contribution in [-0.2, 0) is 10.2 Å². The summed E-state index contributed by atoms with van der Waals surface area (Å²) in [5.41, 5.74) is 0.494. The van der Waals surface area contributed by atoms with Crippen molar-refractivity contribution in [3.63, 3.8) is 0 Å². The van der Waals surface area contributed by atoms with Gasteiger partial charge in [0.15, 0.2) is 0 Å². The quantitative estimate of drug-likeness (QED) is 0.775. The second kappa shape index (κ2) is 8.56. The predicted molar refractivity (Wildman–Crippen MR) is 86.0 cm³/mol. The first-order valence-electron chi connectivity index (χ1n) is 6.23. The van der Waals surface area contributed by atoms with E-state index in [1.165, 1.54) is 0 Å². The molecule has 0 spiro atoms. The highest BCUT2D eigenvalue weighted by atomic mass is 79.9. The van der Waals surface area contributed by atoms with E-state index in [4.69, 9.17) is 0 Å². The van der Waals surface area contributed by atoms with Gasteiger partial charge in [-0.25, -0.2) is 0 Å². The van der Waals surface area contributed by atoms with Crippen molar-refractivity contribution in [2.24, 2.45) is 0 Å². The number of benzene rings is 1. The second-order valence-corrected chi connectivity index (χ2v) is 5.66. The molecule has 0 fully saturated rings. The number of nitrogens with one attached hydrogen (secondary N) is 2. The van der Waals surface area contributed by atoms with Crippen molar-refractivity contribution in [3.05, 3.63) is 34.3 Å².